The smallest absolute Gasteiger partial charge is 0.271 e. The Balaban J connectivity index is 1.78. The summed E-state index contributed by atoms with van der Waals surface area (Å²) >= 11 is 0. The third kappa shape index (κ3) is 3.81. The standard InChI is InChI=1S/C24H23N5O3/c1-2-32-17-10-8-15(9-11-17)21-18(13-25)23(26)29(19-6-3-7-20(30)22(19)21)28-24(31)16-5-4-12-27-14-16/h4-5,8-12,14,21H,2-3,6-7,26H2,1H3,(H,28,31). The average Bonchev–Trinajstić information content (AvgIpc) is 2.82. The first-order valence-corrected chi connectivity index (χ1v) is 10.4. The molecule has 0 fully saturated rings. The summed E-state index contributed by atoms with van der Waals surface area (Å²) in [4.78, 5) is 29.8. The molecule has 32 heavy (non-hydrogen) atoms. The van der Waals surface area contributed by atoms with Gasteiger partial charge < -0.3 is 10.5 Å². The molecule has 4 rings (SSSR count). The molecule has 8 nitrogen and oxygen atoms in total. The monoisotopic (exact) mass is 429 g/mol. The lowest BCUT2D eigenvalue weighted by atomic mass is 9.76. The van der Waals surface area contributed by atoms with Gasteiger partial charge in [0.25, 0.3) is 5.91 Å². The van der Waals surface area contributed by atoms with E-state index in [-0.39, 0.29) is 17.2 Å². The zero-order chi connectivity index (χ0) is 22.7. The predicted molar refractivity (Wildman–Crippen MR) is 117 cm³/mol. The van der Waals surface area contributed by atoms with Gasteiger partial charge in [0.05, 0.1) is 29.7 Å². The number of hydrogen-bond donors (Lipinski definition) is 2. The van der Waals surface area contributed by atoms with Crippen molar-refractivity contribution in [2.75, 3.05) is 6.61 Å². The van der Waals surface area contributed by atoms with Crippen LogP contribution in [-0.2, 0) is 4.79 Å². The van der Waals surface area contributed by atoms with Gasteiger partial charge in [-0.25, -0.2) is 5.01 Å². The Kier molecular flexibility index (Phi) is 5.90. The van der Waals surface area contributed by atoms with Crippen molar-refractivity contribution in [3.05, 3.63) is 82.6 Å². The van der Waals surface area contributed by atoms with Crippen LogP contribution in [-0.4, -0.2) is 28.3 Å². The van der Waals surface area contributed by atoms with Crippen LogP contribution < -0.4 is 15.9 Å². The van der Waals surface area contributed by atoms with Crippen LogP contribution >= 0.6 is 0 Å². The van der Waals surface area contributed by atoms with E-state index in [2.05, 4.69) is 16.5 Å². The maximum Gasteiger partial charge on any atom is 0.271 e. The summed E-state index contributed by atoms with van der Waals surface area (Å²) < 4.78 is 5.51. The van der Waals surface area contributed by atoms with Gasteiger partial charge in [0.2, 0.25) is 0 Å². The van der Waals surface area contributed by atoms with Gasteiger partial charge in [-0.1, -0.05) is 12.1 Å². The van der Waals surface area contributed by atoms with Crippen LogP contribution in [0.4, 0.5) is 0 Å². The average molecular weight is 429 g/mol. The topological polar surface area (TPSA) is 121 Å². The molecule has 2 aliphatic rings. The number of nitrogens with zero attached hydrogens (tertiary/aromatic N) is 3. The number of Topliss-reactive ketones (excluding diaryl/α,β-unsaturated/α-hetero) is 1. The molecule has 3 N–H and O–H groups in total. The number of carbonyl (C=O) groups is 2. The number of pyridine rings is 1. The summed E-state index contributed by atoms with van der Waals surface area (Å²) in [5.74, 6) is -0.257. The maximum absolute atomic E-state index is 13.0. The van der Waals surface area contributed by atoms with Crippen LogP contribution in [0.2, 0.25) is 0 Å². The van der Waals surface area contributed by atoms with Crippen molar-refractivity contribution in [2.24, 2.45) is 5.73 Å². The van der Waals surface area contributed by atoms with Crippen molar-refractivity contribution in [3.8, 4) is 11.8 Å². The molecule has 1 aromatic carbocycles. The van der Waals surface area contributed by atoms with Crippen molar-refractivity contribution in [1.82, 2.24) is 15.4 Å². The Bertz CT molecular complexity index is 1150. The number of ketones is 1. The van der Waals surface area contributed by atoms with Gasteiger partial charge >= 0.3 is 0 Å². The molecule has 8 heteroatoms. The Hall–Kier alpha value is -4.12. The van der Waals surface area contributed by atoms with E-state index in [4.69, 9.17) is 10.5 Å². The fourth-order valence-corrected chi connectivity index (χ4v) is 4.13. The summed E-state index contributed by atoms with van der Waals surface area (Å²) in [5, 5.41) is 11.4. The number of aromatic nitrogens is 1. The SMILES string of the molecule is CCOc1ccc(C2C(C#N)=C(N)N(NC(=O)c3cccnc3)C3=C2C(=O)CCC3)cc1. The van der Waals surface area contributed by atoms with E-state index >= 15 is 0 Å². The number of nitriles is 1. The van der Waals surface area contributed by atoms with Gasteiger partial charge in [0, 0.05) is 30.1 Å². The van der Waals surface area contributed by atoms with Gasteiger partial charge in [0.1, 0.15) is 11.6 Å². The Morgan fingerprint density at radius 1 is 1.31 bits per heavy atom. The highest BCUT2D eigenvalue weighted by atomic mass is 16.5. The minimum absolute atomic E-state index is 0.0500. The van der Waals surface area contributed by atoms with E-state index in [1.54, 1.807) is 18.3 Å². The number of rotatable bonds is 5. The number of amides is 1. The number of allylic oxidation sites excluding steroid dienone is 3. The molecule has 162 valence electrons. The van der Waals surface area contributed by atoms with Crippen LogP contribution in [0.25, 0.3) is 0 Å². The Morgan fingerprint density at radius 3 is 2.75 bits per heavy atom. The van der Waals surface area contributed by atoms with Crippen molar-refractivity contribution in [1.29, 1.82) is 5.26 Å². The van der Waals surface area contributed by atoms with Crippen molar-refractivity contribution < 1.29 is 14.3 Å². The van der Waals surface area contributed by atoms with Crippen LogP contribution in [0.15, 0.2) is 71.5 Å². The molecule has 1 amide bonds. The lowest BCUT2D eigenvalue weighted by Gasteiger charge is -2.39. The number of benzene rings is 1. The van der Waals surface area contributed by atoms with Crippen molar-refractivity contribution in [2.45, 2.75) is 32.1 Å². The number of nitrogens with two attached hydrogens (primary N) is 1. The first kappa shape index (κ1) is 21.1. The van der Waals surface area contributed by atoms with E-state index in [0.717, 1.165) is 5.56 Å². The molecule has 2 heterocycles. The van der Waals surface area contributed by atoms with E-state index in [1.165, 1.54) is 11.2 Å². The fourth-order valence-electron chi connectivity index (χ4n) is 4.13. The van der Waals surface area contributed by atoms with Crippen molar-refractivity contribution >= 4 is 11.7 Å². The number of hydrogen-bond acceptors (Lipinski definition) is 7. The normalized spacial score (nSPS) is 18.2. The molecule has 0 saturated carbocycles. The summed E-state index contributed by atoms with van der Waals surface area (Å²) in [6.07, 6.45) is 4.59. The van der Waals surface area contributed by atoms with Gasteiger partial charge in [0.15, 0.2) is 5.78 Å². The van der Waals surface area contributed by atoms with Crippen LogP contribution in [0.5, 0.6) is 5.75 Å². The van der Waals surface area contributed by atoms with Crippen LogP contribution in [0.3, 0.4) is 0 Å². The van der Waals surface area contributed by atoms with Gasteiger partial charge in [-0.15, -0.1) is 0 Å². The second kappa shape index (κ2) is 8.94. The quantitative estimate of drug-likeness (QED) is 0.749. The molecule has 1 unspecified atom stereocenters. The third-order valence-corrected chi connectivity index (χ3v) is 5.57. The second-order valence-electron chi connectivity index (χ2n) is 7.50. The van der Waals surface area contributed by atoms with E-state index in [0.29, 0.717) is 48.5 Å². The molecule has 0 spiro atoms. The molecule has 0 bridgehead atoms. The Morgan fingerprint density at radius 2 is 2.09 bits per heavy atom. The molecule has 0 saturated heterocycles. The maximum atomic E-state index is 13.0. The lowest BCUT2D eigenvalue weighted by molar-refractivity contribution is -0.116. The largest absolute Gasteiger partial charge is 0.494 e. The predicted octanol–water partition coefficient (Wildman–Crippen LogP) is 2.93. The summed E-state index contributed by atoms with van der Waals surface area (Å²) in [5.41, 5.74) is 11.6. The lowest BCUT2D eigenvalue weighted by Crippen LogP contribution is -2.48. The molecule has 1 atom stereocenters. The number of nitrogens with one attached hydrogen (secondary N) is 1. The highest BCUT2D eigenvalue weighted by Gasteiger charge is 2.40. The first-order chi connectivity index (χ1) is 15.5. The summed E-state index contributed by atoms with van der Waals surface area (Å²) in [7, 11) is 0. The van der Waals surface area contributed by atoms with E-state index < -0.39 is 11.8 Å². The molecule has 1 aliphatic carbocycles. The first-order valence-electron chi connectivity index (χ1n) is 10.4. The van der Waals surface area contributed by atoms with E-state index in [1.807, 2.05) is 31.2 Å². The van der Waals surface area contributed by atoms with Crippen LogP contribution in [0.1, 0.15) is 48.0 Å². The molecule has 1 aromatic heterocycles. The molecular weight excluding hydrogens is 406 g/mol. The van der Waals surface area contributed by atoms with Gasteiger partial charge in [-0.2, -0.15) is 5.26 Å². The van der Waals surface area contributed by atoms with Crippen molar-refractivity contribution in [3.63, 3.8) is 0 Å². The molecular formula is C24H23N5O3. The van der Waals surface area contributed by atoms with Gasteiger partial charge in [-0.3, -0.25) is 20.0 Å². The molecule has 2 aromatic rings. The highest BCUT2D eigenvalue weighted by Crippen LogP contribution is 2.44. The van der Waals surface area contributed by atoms with E-state index in [9.17, 15) is 14.9 Å². The highest BCUT2D eigenvalue weighted by molar-refractivity contribution is 6.00. The fraction of sp³-hybridized carbons (Fsp3) is 0.250. The van der Waals surface area contributed by atoms with Crippen LogP contribution in [0, 0.1) is 11.3 Å². The minimum atomic E-state index is -0.593. The minimum Gasteiger partial charge on any atom is -0.494 e. The number of ether oxygens (including phenoxy) is 1. The third-order valence-electron chi connectivity index (χ3n) is 5.57. The summed E-state index contributed by atoms with van der Waals surface area (Å²) in [6, 6.07) is 12.8. The van der Waals surface area contributed by atoms with Gasteiger partial charge in [-0.05, 0) is 49.6 Å². The Labute approximate surface area is 186 Å². The summed E-state index contributed by atoms with van der Waals surface area (Å²) in [6.45, 7) is 2.44. The zero-order valence-corrected chi connectivity index (χ0v) is 17.7. The number of hydrazine groups is 1. The second-order valence-corrected chi connectivity index (χ2v) is 7.50. The zero-order valence-electron chi connectivity index (χ0n) is 17.7. The molecule has 1 aliphatic heterocycles. The number of carbonyl (C=O) groups excluding carboxylic acids is 2. The molecule has 0 radical (unpaired) electrons.